The van der Waals surface area contributed by atoms with Gasteiger partial charge in [0.2, 0.25) is 0 Å². The fourth-order valence-electron chi connectivity index (χ4n) is 2.60. The number of aryl methyl sites for hydroxylation is 1. The molecule has 1 aliphatic carbocycles. The Morgan fingerprint density at radius 2 is 2.30 bits per heavy atom. The van der Waals surface area contributed by atoms with Crippen molar-refractivity contribution >= 4 is 15.9 Å². The van der Waals surface area contributed by atoms with Gasteiger partial charge in [-0.1, -0.05) is 13.8 Å². The van der Waals surface area contributed by atoms with E-state index in [1.807, 2.05) is 16.8 Å². The Morgan fingerprint density at radius 1 is 1.55 bits per heavy atom. The molecule has 0 saturated heterocycles. The van der Waals surface area contributed by atoms with Gasteiger partial charge in [-0.05, 0) is 46.8 Å². The van der Waals surface area contributed by atoms with Crippen molar-refractivity contribution in [2.24, 2.45) is 5.92 Å². The van der Waals surface area contributed by atoms with E-state index in [-0.39, 0.29) is 0 Å². The molecule has 4 nitrogen and oxygen atoms in total. The molecule has 2 aromatic heterocycles. The van der Waals surface area contributed by atoms with Gasteiger partial charge in [0.1, 0.15) is 11.5 Å². The Bertz CT molecular complexity index is 605. The van der Waals surface area contributed by atoms with E-state index < -0.39 is 6.10 Å². The summed E-state index contributed by atoms with van der Waals surface area (Å²) in [5.74, 6) is 2.81. The number of hydrogen-bond acceptors (Lipinski definition) is 3. The van der Waals surface area contributed by atoms with Crippen molar-refractivity contribution in [3.8, 4) is 0 Å². The molecule has 0 radical (unpaired) electrons. The minimum Gasteiger partial charge on any atom is -0.463 e. The van der Waals surface area contributed by atoms with Crippen LogP contribution in [-0.2, 0) is 6.54 Å². The summed E-state index contributed by atoms with van der Waals surface area (Å²) < 4.78 is 8.49. The third-order valence-corrected chi connectivity index (χ3v) is 4.53. The van der Waals surface area contributed by atoms with Crippen LogP contribution in [0.5, 0.6) is 0 Å². The number of aliphatic hydroxyl groups excluding tert-OH is 1. The zero-order valence-electron chi connectivity index (χ0n) is 11.7. The number of rotatable bonds is 5. The Morgan fingerprint density at radius 3 is 2.95 bits per heavy atom. The van der Waals surface area contributed by atoms with Crippen molar-refractivity contribution in [2.45, 2.75) is 45.3 Å². The molecule has 108 valence electrons. The maximum Gasteiger partial charge on any atom is 0.154 e. The van der Waals surface area contributed by atoms with E-state index in [1.165, 1.54) is 6.42 Å². The molecular formula is C15H19BrN2O2. The zero-order chi connectivity index (χ0) is 14.3. The lowest BCUT2D eigenvalue weighted by Gasteiger charge is -2.11. The highest BCUT2D eigenvalue weighted by Crippen LogP contribution is 2.48. The molecule has 0 bridgehead atoms. The molecule has 20 heavy (non-hydrogen) atoms. The number of nitrogens with zero attached hydrogens (tertiary/aromatic N) is 2. The first-order valence-corrected chi connectivity index (χ1v) is 7.90. The first-order valence-electron chi connectivity index (χ1n) is 7.10. The topological polar surface area (TPSA) is 51.2 Å². The summed E-state index contributed by atoms with van der Waals surface area (Å²) in [5, 5.41) is 14.9. The Kier molecular flexibility index (Phi) is 3.73. The lowest BCUT2D eigenvalue weighted by atomic mass is 10.2. The Hall–Kier alpha value is -1.07. The molecular weight excluding hydrogens is 320 g/mol. The number of aromatic nitrogens is 2. The molecule has 1 fully saturated rings. The van der Waals surface area contributed by atoms with Crippen molar-refractivity contribution in [1.82, 2.24) is 9.78 Å². The minimum absolute atomic E-state index is 0.528. The van der Waals surface area contributed by atoms with E-state index in [0.29, 0.717) is 17.6 Å². The standard InChI is InChI=1S/C15H19BrN2O2/c1-3-6-18-14(11(16)8-17-18)15(19)13-5-4-12(20-13)10-7-9(10)2/h4-5,8-10,15,19H,3,6-7H2,1-2H3. The molecule has 1 saturated carbocycles. The molecule has 2 heterocycles. The van der Waals surface area contributed by atoms with Crippen LogP contribution in [0.2, 0.25) is 0 Å². The second-order valence-corrected chi connectivity index (χ2v) is 6.42. The summed E-state index contributed by atoms with van der Waals surface area (Å²) >= 11 is 3.46. The summed E-state index contributed by atoms with van der Waals surface area (Å²) in [4.78, 5) is 0. The summed E-state index contributed by atoms with van der Waals surface area (Å²) in [6.45, 7) is 5.09. The van der Waals surface area contributed by atoms with Crippen LogP contribution in [0.1, 0.15) is 55.9 Å². The lowest BCUT2D eigenvalue weighted by molar-refractivity contribution is 0.175. The molecule has 0 aromatic carbocycles. The van der Waals surface area contributed by atoms with Crippen LogP contribution in [0.25, 0.3) is 0 Å². The highest BCUT2D eigenvalue weighted by atomic mass is 79.9. The molecule has 3 rings (SSSR count). The van der Waals surface area contributed by atoms with Gasteiger partial charge in [0.25, 0.3) is 0 Å². The number of aliphatic hydroxyl groups is 1. The van der Waals surface area contributed by atoms with Gasteiger partial charge in [0.15, 0.2) is 6.10 Å². The maximum atomic E-state index is 10.6. The van der Waals surface area contributed by atoms with Gasteiger partial charge in [0.05, 0.1) is 16.4 Å². The van der Waals surface area contributed by atoms with Gasteiger partial charge in [-0.15, -0.1) is 0 Å². The quantitative estimate of drug-likeness (QED) is 0.900. The van der Waals surface area contributed by atoms with Crippen LogP contribution in [0.3, 0.4) is 0 Å². The third kappa shape index (κ3) is 2.44. The van der Waals surface area contributed by atoms with Gasteiger partial charge < -0.3 is 9.52 Å². The van der Waals surface area contributed by atoms with Crippen LogP contribution in [-0.4, -0.2) is 14.9 Å². The van der Waals surface area contributed by atoms with Crippen molar-refractivity contribution in [2.75, 3.05) is 0 Å². The first-order chi connectivity index (χ1) is 9.61. The average Bonchev–Trinajstić information content (AvgIpc) is 2.86. The summed E-state index contributed by atoms with van der Waals surface area (Å²) in [6, 6.07) is 3.86. The number of halogens is 1. The normalized spacial score (nSPS) is 23.0. The minimum atomic E-state index is -0.777. The van der Waals surface area contributed by atoms with Crippen LogP contribution in [0, 0.1) is 5.92 Å². The maximum absolute atomic E-state index is 10.6. The predicted molar refractivity (Wildman–Crippen MR) is 79.5 cm³/mol. The predicted octanol–water partition coefficient (Wildman–Crippen LogP) is 3.85. The first kappa shape index (κ1) is 13.9. The van der Waals surface area contributed by atoms with Crippen molar-refractivity contribution in [3.63, 3.8) is 0 Å². The van der Waals surface area contributed by atoms with Crippen LogP contribution in [0.4, 0.5) is 0 Å². The van der Waals surface area contributed by atoms with Gasteiger partial charge >= 0.3 is 0 Å². The van der Waals surface area contributed by atoms with E-state index in [0.717, 1.165) is 28.9 Å². The smallest absolute Gasteiger partial charge is 0.154 e. The van der Waals surface area contributed by atoms with E-state index in [4.69, 9.17) is 4.42 Å². The highest BCUT2D eigenvalue weighted by Gasteiger charge is 2.37. The van der Waals surface area contributed by atoms with Crippen LogP contribution < -0.4 is 0 Å². The third-order valence-electron chi connectivity index (χ3n) is 3.92. The molecule has 0 aliphatic heterocycles. The fraction of sp³-hybridized carbons (Fsp3) is 0.533. The van der Waals surface area contributed by atoms with Crippen molar-refractivity contribution < 1.29 is 9.52 Å². The van der Waals surface area contributed by atoms with E-state index in [2.05, 4.69) is 34.9 Å². The van der Waals surface area contributed by atoms with E-state index >= 15 is 0 Å². The molecule has 1 N–H and O–H groups in total. The van der Waals surface area contributed by atoms with Crippen molar-refractivity contribution in [3.05, 3.63) is 40.0 Å². The molecule has 5 heteroatoms. The second-order valence-electron chi connectivity index (χ2n) is 5.56. The number of hydrogen-bond donors (Lipinski definition) is 1. The fourth-order valence-corrected chi connectivity index (χ4v) is 3.11. The molecule has 0 spiro atoms. The largest absolute Gasteiger partial charge is 0.463 e. The summed E-state index contributed by atoms with van der Waals surface area (Å²) in [5.41, 5.74) is 0.761. The van der Waals surface area contributed by atoms with E-state index in [9.17, 15) is 5.11 Å². The average molecular weight is 339 g/mol. The second kappa shape index (κ2) is 5.37. The molecule has 3 atom stereocenters. The summed E-state index contributed by atoms with van der Waals surface area (Å²) in [6.07, 6.45) is 3.10. The Balaban J connectivity index is 1.86. The van der Waals surface area contributed by atoms with Gasteiger partial charge in [0, 0.05) is 12.5 Å². The molecule has 2 aromatic rings. The summed E-state index contributed by atoms with van der Waals surface area (Å²) in [7, 11) is 0. The Labute approximate surface area is 126 Å². The van der Waals surface area contributed by atoms with Crippen LogP contribution >= 0.6 is 15.9 Å². The molecule has 0 amide bonds. The number of furan rings is 1. The van der Waals surface area contributed by atoms with Gasteiger partial charge in [-0.25, -0.2) is 0 Å². The zero-order valence-corrected chi connectivity index (χ0v) is 13.3. The SMILES string of the molecule is CCCn1ncc(Br)c1C(O)c1ccc(C2CC2C)o1. The van der Waals surface area contributed by atoms with Gasteiger partial charge in [-0.3, -0.25) is 4.68 Å². The van der Waals surface area contributed by atoms with Crippen LogP contribution in [0.15, 0.2) is 27.2 Å². The van der Waals surface area contributed by atoms with Crippen molar-refractivity contribution in [1.29, 1.82) is 0 Å². The monoisotopic (exact) mass is 338 g/mol. The van der Waals surface area contributed by atoms with Gasteiger partial charge in [-0.2, -0.15) is 5.10 Å². The van der Waals surface area contributed by atoms with E-state index in [1.54, 1.807) is 6.20 Å². The molecule has 1 aliphatic rings. The highest BCUT2D eigenvalue weighted by molar-refractivity contribution is 9.10. The lowest BCUT2D eigenvalue weighted by Crippen LogP contribution is -2.10. The molecule has 3 unspecified atom stereocenters.